The highest BCUT2D eigenvalue weighted by atomic mass is 16.3. The molecule has 0 amide bonds. The summed E-state index contributed by atoms with van der Waals surface area (Å²) in [6.07, 6.45) is 6.90. The Morgan fingerprint density at radius 1 is 1.42 bits per heavy atom. The molecule has 0 aliphatic heterocycles. The predicted octanol–water partition coefficient (Wildman–Crippen LogP) is 3.18. The highest BCUT2D eigenvalue weighted by molar-refractivity contribution is 5.10. The molecule has 0 aromatic carbocycles. The van der Waals surface area contributed by atoms with Gasteiger partial charge < -0.3 is 4.42 Å². The molecule has 0 fully saturated rings. The van der Waals surface area contributed by atoms with Crippen molar-refractivity contribution in [1.82, 2.24) is 0 Å². The van der Waals surface area contributed by atoms with Gasteiger partial charge in [-0.1, -0.05) is 26.2 Å². The van der Waals surface area contributed by atoms with E-state index < -0.39 is 0 Å². The summed E-state index contributed by atoms with van der Waals surface area (Å²) in [4.78, 5) is 0. The maximum atomic E-state index is 5.18. The van der Waals surface area contributed by atoms with Crippen LogP contribution in [0.2, 0.25) is 0 Å². The van der Waals surface area contributed by atoms with Gasteiger partial charge in [0.1, 0.15) is 11.5 Å². The van der Waals surface area contributed by atoms with Crippen LogP contribution in [0, 0.1) is 19.3 Å². The lowest BCUT2D eigenvalue weighted by Crippen LogP contribution is -1.71. The molecule has 0 radical (unpaired) electrons. The molecular weight excluding hydrogens is 148 g/mol. The number of terminal acetylenes is 1. The van der Waals surface area contributed by atoms with Crippen molar-refractivity contribution < 1.29 is 4.42 Å². The molecule has 0 aliphatic carbocycles. The van der Waals surface area contributed by atoms with Crippen molar-refractivity contribution in [2.45, 2.75) is 33.6 Å². The molecule has 1 nitrogen and oxygen atoms in total. The standard InChI is InChI=1S/C8H8O.C3H8/c1-3-4-8-6-5-7(2)9-8;1-3-2/h1,5-6H,4H2,2H3;3H2,1-2H3. The first-order valence-electron chi connectivity index (χ1n) is 4.23. The van der Waals surface area contributed by atoms with Crippen LogP contribution >= 0.6 is 0 Å². The Balaban J connectivity index is 0.000000354. The lowest BCUT2D eigenvalue weighted by atomic mass is 10.3. The monoisotopic (exact) mass is 164 g/mol. The van der Waals surface area contributed by atoms with Gasteiger partial charge in [0.2, 0.25) is 0 Å². The summed E-state index contributed by atoms with van der Waals surface area (Å²) >= 11 is 0. The molecule has 1 heteroatoms. The second-order valence-electron chi connectivity index (χ2n) is 2.60. The van der Waals surface area contributed by atoms with Crippen molar-refractivity contribution in [3.05, 3.63) is 23.7 Å². The van der Waals surface area contributed by atoms with Crippen LogP contribution in [0.3, 0.4) is 0 Å². The van der Waals surface area contributed by atoms with Crippen molar-refractivity contribution in [2.75, 3.05) is 0 Å². The van der Waals surface area contributed by atoms with E-state index in [2.05, 4.69) is 19.8 Å². The molecule has 1 aromatic rings. The van der Waals surface area contributed by atoms with Crippen LogP contribution in [0.4, 0.5) is 0 Å². The molecule has 1 aromatic heterocycles. The van der Waals surface area contributed by atoms with Gasteiger partial charge in [-0.2, -0.15) is 0 Å². The number of hydrogen-bond donors (Lipinski definition) is 0. The van der Waals surface area contributed by atoms with Gasteiger partial charge in [-0.25, -0.2) is 0 Å². The third kappa shape index (κ3) is 4.62. The number of rotatable bonds is 1. The summed E-state index contributed by atoms with van der Waals surface area (Å²) in [7, 11) is 0. The van der Waals surface area contributed by atoms with E-state index in [0.29, 0.717) is 6.42 Å². The zero-order valence-electron chi connectivity index (χ0n) is 8.05. The molecule has 0 bridgehead atoms. The average molecular weight is 164 g/mol. The van der Waals surface area contributed by atoms with Gasteiger partial charge in [0.15, 0.2) is 0 Å². The lowest BCUT2D eigenvalue weighted by molar-refractivity contribution is 0.496. The smallest absolute Gasteiger partial charge is 0.116 e. The molecule has 1 rings (SSSR count). The fraction of sp³-hybridized carbons (Fsp3) is 0.455. The Morgan fingerprint density at radius 3 is 2.33 bits per heavy atom. The summed E-state index contributed by atoms with van der Waals surface area (Å²) in [6, 6.07) is 3.81. The van der Waals surface area contributed by atoms with Crippen LogP contribution in [-0.4, -0.2) is 0 Å². The van der Waals surface area contributed by atoms with Gasteiger partial charge in [0, 0.05) is 0 Å². The van der Waals surface area contributed by atoms with Crippen molar-refractivity contribution in [3.63, 3.8) is 0 Å². The van der Waals surface area contributed by atoms with Crippen LogP contribution in [-0.2, 0) is 6.42 Å². The summed E-state index contributed by atoms with van der Waals surface area (Å²) in [6.45, 7) is 6.15. The van der Waals surface area contributed by atoms with E-state index in [-0.39, 0.29) is 0 Å². The minimum atomic E-state index is 0.591. The molecular formula is C11H16O. The highest BCUT2D eigenvalue weighted by Gasteiger charge is 1.92. The van der Waals surface area contributed by atoms with E-state index >= 15 is 0 Å². The number of hydrogen-bond acceptors (Lipinski definition) is 1. The largest absolute Gasteiger partial charge is 0.465 e. The molecule has 0 aliphatic rings. The van der Waals surface area contributed by atoms with E-state index in [4.69, 9.17) is 10.8 Å². The Bertz CT molecular complexity index is 240. The van der Waals surface area contributed by atoms with E-state index in [1.165, 1.54) is 6.42 Å². The van der Waals surface area contributed by atoms with E-state index in [0.717, 1.165) is 11.5 Å². The van der Waals surface area contributed by atoms with Crippen LogP contribution in [0.1, 0.15) is 31.8 Å². The topological polar surface area (TPSA) is 13.1 Å². The quantitative estimate of drug-likeness (QED) is 0.581. The summed E-state index contributed by atoms with van der Waals surface area (Å²) < 4.78 is 5.18. The third-order valence-electron chi connectivity index (χ3n) is 1.07. The molecule has 1 heterocycles. The SMILES string of the molecule is C#CCc1ccc(C)o1.CCC. The minimum Gasteiger partial charge on any atom is -0.465 e. The van der Waals surface area contributed by atoms with Gasteiger partial charge in [-0.15, -0.1) is 6.42 Å². The Morgan fingerprint density at radius 2 is 2.00 bits per heavy atom. The van der Waals surface area contributed by atoms with Crippen LogP contribution in [0.25, 0.3) is 0 Å². The fourth-order valence-electron chi connectivity index (χ4n) is 0.681. The van der Waals surface area contributed by atoms with Crippen LogP contribution in [0.15, 0.2) is 16.5 Å². The maximum Gasteiger partial charge on any atom is 0.116 e. The van der Waals surface area contributed by atoms with E-state index in [9.17, 15) is 0 Å². The summed E-state index contributed by atoms with van der Waals surface area (Å²) in [5, 5.41) is 0. The van der Waals surface area contributed by atoms with Gasteiger partial charge in [0.05, 0.1) is 6.42 Å². The molecule has 0 saturated carbocycles. The fourth-order valence-corrected chi connectivity index (χ4v) is 0.681. The number of aryl methyl sites for hydroxylation is 1. The average Bonchev–Trinajstić information content (AvgIpc) is 2.38. The van der Waals surface area contributed by atoms with Crippen LogP contribution in [0.5, 0.6) is 0 Å². The van der Waals surface area contributed by atoms with Crippen molar-refractivity contribution in [3.8, 4) is 12.3 Å². The van der Waals surface area contributed by atoms with Crippen molar-refractivity contribution in [2.24, 2.45) is 0 Å². The zero-order chi connectivity index (χ0) is 9.40. The second-order valence-corrected chi connectivity index (χ2v) is 2.60. The third-order valence-corrected chi connectivity index (χ3v) is 1.07. The second kappa shape index (κ2) is 6.54. The van der Waals surface area contributed by atoms with Crippen molar-refractivity contribution in [1.29, 1.82) is 0 Å². The maximum absolute atomic E-state index is 5.18. The lowest BCUT2D eigenvalue weighted by Gasteiger charge is -1.83. The Labute approximate surface area is 74.8 Å². The molecule has 66 valence electrons. The van der Waals surface area contributed by atoms with Crippen LogP contribution < -0.4 is 0 Å². The minimum absolute atomic E-state index is 0.591. The van der Waals surface area contributed by atoms with Gasteiger partial charge in [-0.3, -0.25) is 0 Å². The molecule has 0 saturated heterocycles. The van der Waals surface area contributed by atoms with Gasteiger partial charge in [-0.05, 0) is 19.1 Å². The molecule has 0 unspecified atom stereocenters. The zero-order valence-corrected chi connectivity index (χ0v) is 8.05. The molecule has 0 atom stereocenters. The first-order chi connectivity index (χ1) is 5.74. The molecule has 0 N–H and O–H groups in total. The molecule has 12 heavy (non-hydrogen) atoms. The normalized spacial score (nSPS) is 8.17. The van der Waals surface area contributed by atoms with E-state index in [1.54, 1.807) is 0 Å². The highest BCUT2D eigenvalue weighted by Crippen LogP contribution is 2.05. The van der Waals surface area contributed by atoms with Crippen molar-refractivity contribution >= 4 is 0 Å². The molecule has 0 spiro atoms. The summed E-state index contributed by atoms with van der Waals surface area (Å²) in [5.41, 5.74) is 0. The van der Waals surface area contributed by atoms with E-state index in [1.807, 2.05) is 19.1 Å². The van der Waals surface area contributed by atoms with Gasteiger partial charge >= 0.3 is 0 Å². The summed E-state index contributed by atoms with van der Waals surface area (Å²) in [5.74, 6) is 4.29. The first kappa shape index (κ1) is 10.8. The Hall–Kier alpha value is -1.16. The Kier molecular flexibility index (Phi) is 5.91. The first-order valence-corrected chi connectivity index (χ1v) is 4.23. The number of furan rings is 1. The predicted molar refractivity (Wildman–Crippen MR) is 51.9 cm³/mol. The van der Waals surface area contributed by atoms with Gasteiger partial charge in [0.25, 0.3) is 0 Å².